The molecular formula is C15H17N3O2S. The van der Waals surface area contributed by atoms with Gasteiger partial charge in [-0.3, -0.25) is 9.59 Å². The standard InChI is InChI=1S/C15H17N3O2S/c1-3-4-14(20)18-15-17-13(9-21-15)11-5-7-12(8-6-11)16-10(2)19/h5-9H,3-4H2,1-2H3,(H,16,19)(H,17,18,20). The van der Waals surface area contributed by atoms with Crippen LogP contribution in [0.4, 0.5) is 10.8 Å². The van der Waals surface area contributed by atoms with E-state index in [-0.39, 0.29) is 11.8 Å². The quantitative estimate of drug-likeness (QED) is 0.888. The molecule has 0 saturated heterocycles. The van der Waals surface area contributed by atoms with Crippen LogP contribution in [0.1, 0.15) is 26.7 Å². The highest BCUT2D eigenvalue weighted by Crippen LogP contribution is 2.26. The number of nitrogens with one attached hydrogen (secondary N) is 2. The zero-order valence-corrected chi connectivity index (χ0v) is 12.8. The van der Waals surface area contributed by atoms with Crippen LogP contribution in [0.25, 0.3) is 11.3 Å². The van der Waals surface area contributed by atoms with Crippen molar-refractivity contribution < 1.29 is 9.59 Å². The molecule has 0 fully saturated rings. The number of benzene rings is 1. The first-order valence-electron chi connectivity index (χ1n) is 6.72. The normalized spacial score (nSPS) is 10.2. The van der Waals surface area contributed by atoms with Crippen molar-refractivity contribution in [2.75, 3.05) is 10.6 Å². The van der Waals surface area contributed by atoms with Crippen LogP contribution in [0.5, 0.6) is 0 Å². The molecule has 0 unspecified atom stereocenters. The van der Waals surface area contributed by atoms with E-state index in [1.165, 1.54) is 18.3 Å². The molecule has 0 radical (unpaired) electrons. The topological polar surface area (TPSA) is 71.1 Å². The first kappa shape index (κ1) is 15.2. The first-order valence-corrected chi connectivity index (χ1v) is 7.60. The zero-order valence-electron chi connectivity index (χ0n) is 12.0. The highest BCUT2D eigenvalue weighted by molar-refractivity contribution is 7.14. The van der Waals surface area contributed by atoms with Gasteiger partial charge in [-0.05, 0) is 18.6 Å². The number of rotatable bonds is 5. The lowest BCUT2D eigenvalue weighted by atomic mass is 10.1. The van der Waals surface area contributed by atoms with E-state index >= 15 is 0 Å². The van der Waals surface area contributed by atoms with Gasteiger partial charge in [0.1, 0.15) is 0 Å². The molecule has 1 aromatic heterocycles. The molecule has 0 aliphatic rings. The lowest BCUT2D eigenvalue weighted by Crippen LogP contribution is -2.10. The van der Waals surface area contributed by atoms with Crippen LogP contribution in [-0.4, -0.2) is 16.8 Å². The second kappa shape index (κ2) is 6.99. The van der Waals surface area contributed by atoms with E-state index in [9.17, 15) is 9.59 Å². The summed E-state index contributed by atoms with van der Waals surface area (Å²) in [6.07, 6.45) is 1.31. The van der Waals surface area contributed by atoms with Gasteiger partial charge >= 0.3 is 0 Å². The number of nitrogens with zero attached hydrogens (tertiary/aromatic N) is 1. The Morgan fingerprint density at radius 1 is 1.19 bits per heavy atom. The Morgan fingerprint density at radius 3 is 2.52 bits per heavy atom. The molecule has 0 bridgehead atoms. The van der Waals surface area contributed by atoms with E-state index in [0.29, 0.717) is 11.6 Å². The van der Waals surface area contributed by atoms with E-state index < -0.39 is 0 Å². The Labute approximate surface area is 127 Å². The first-order chi connectivity index (χ1) is 10.1. The molecule has 0 spiro atoms. The Kier molecular flexibility index (Phi) is 5.05. The van der Waals surface area contributed by atoms with E-state index in [1.54, 1.807) is 0 Å². The van der Waals surface area contributed by atoms with Gasteiger partial charge in [0, 0.05) is 30.0 Å². The summed E-state index contributed by atoms with van der Waals surface area (Å²) < 4.78 is 0. The second-order valence-corrected chi connectivity index (χ2v) is 5.45. The number of carbonyl (C=O) groups is 2. The molecule has 2 rings (SSSR count). The number of aromatic nitrogens is 1. The van der Waals surface area contributed by atoms with E-state index in [2.05, 4.69) is 15.6 Å². The van der Waals surface area contributed by atoms with Crippen LogP contribution < -0.4 is 10.6 Å². The third-order valence-corrected chi connectivity index (χ3v) is 3.49. The minimum Gasteiger partial charge on any atom is -0.326 e. The highest BCUT2D eigenvalue weighted by atomic mass is 32.1. The third-order valence-electron chi connectivity index (χ3n) is 2.73. The van der Waals surface area contributed by atoms with E-state index in [0.717, 1.165) is 23.4 Å². The number of thiazole rings is 1. The molecule has 21 heavy (non-hydrogen) atoms. The molecule has 0 aliphatic carbocycles. The fraction of sp³-hybridized carbons (Fsp3) is 0.267. The van der Waals surface area contributed by atoms with Crippen molar-refractivity contribution in [1.82, 2.24) is 4.98 Å². The summed E-state index contributed by atoms with van der Waals surface area (Å²) in [6.45, 7) is 3.43. The molecule has 6 heteroatoms. The second-order valence-electron chi connectivity index (χ2n) is 4.59. The molecule has 1 aromatic carbocycles. The molecule has 2 N–H and O–H groups in total. The average molecular weight is 303 g/mol. The van der Waals surface area contributed by atoms with E-state index in [1.807, 2.05) is 36.6 Å². The molecule has 5 nitrogen and oxygen atoms in total. The van der Waals surface area contributed by atoms with Gasteiger partial charge in [0.2, 0.25) is 11.8 Å². The lowest BCUT2D eigenvalue weighted by Gasteiger charge is -2.02. The van der Waals surface area contributed by atoms with Crippen molar-refractivity contribution in [2.45, 2.75) is 26.7 Å². The maximum absolute atomic E-state index is 11.5. The maximum atomic E-state index is 11.5. The maximum Gasteiger partial charge on any atom is 0.226 e. The number of hydrogen-bond acceptors (Lipinski definition) is 4. The number of amides is 2. The summed E-state index contributed by atoms with van der Waals surface area (Å²) in [5.41, 5.74) is 2.50. The Hall–Kier alpha value is -2.21. The fourth-order valence-corrected chi connectivity index (χ4v) is 2.54. The van der Waals surface area contributed by atoms with Crippen LogP contribution in [0.2, 0.25) is 0 Å². The van der Waals surface area contributed by atoms with Gasteiger partial charge < -0.3 is 10.6 Å². The van der Waals surface area contributed by atoms with E-state index in [4.69, 9.17) is 0 Å². The largest absolute Gasteiger partial charge is 0.326 e. The Bertz CT molecular complexity index is 635. The van der Waals surface area contributed by atoms with Gasteiger partial charge in [-0.1, -0.05) is 19.1 Å². The minimum atomic E-state index is -0.0997. The van der Waals surface area contributed by atoms with Gasteiger partial charge in [-0.2, -0.15) is 0 Å². The summed E-state index contributed by atoms with van der Waals surface area (Å²) in [7, 11) is 0. The van der Waals surface area contributed by atoms with Crippen molar-refractivity contribution in [2.24, 2.45) is 0 Å². The van der Waals surface area contributed by atoms with Crippen molar-refractivity contribution >= 4 is 34.0 Å². The number of hydrogen-bond donors (Lipinski definition) is 2. The Morgan fingerprint density at radius 2 is 1.90 bits per heavy atom. The average Bonchev–Trinajstić information content (AvgIpc) is 2.87. The molecule has 2 aromatic rings. The number of anilines is 2. The minimum absolute atomic E-state index is 0.0144. The van der Waals surface area contributed by atoms with Gasteiger partial charge in [0.15, 0.2) is 5.13 Å². The molecule has 0 atom stereocenters. The molecule has 1 heterocycles. The summed E-state index contributed by atoms with van der Waals surface area (Å²) >= 11 is 1.40. The zero-order chi connectivity index (χ0) is 15.2. The summed E-state index contributed by atoms with van der Waals surface area (Å²) in [4.78, 5) is 26.9. The molecule has 110 valence electrons. The predicted octanol–water partition coefficient (Wildman–Crippen LogP) is 3.51. The Balaban J connectivity index is 2.07. The van der Waals surface area contributed by atoms with Crippen LogP contribution in [0.15, 0.2) is 29.6 Å². The number of carbonyl (C=O) groups excluding carboxylic acids is 2. The van der Waals surface area contributed by atoms with Crippen LogP contribution in [0, 0.1) is 0 Å². The molecular weight excluding hydrogens is 286 g/mol. The predicted molar refractivity (Wildman–Crippen MR) is 85.4 cm³/mol. The molecule has 0 aliphatic heterocycles. The molecule has 2 amide bonds. The van der Waals surface area contributed by atoms with Crippen molar-refractivity contribution in [3.05, 3.63) is 29.6 Å². The fourth-order valence-electron chi connectivity index (χ4n) is 1.80. The van der Waals surface area contributed by atoms with Gasteiger partial charge in [0.25, 0.3) is 0 Å². The molecule has 0 saturated carbocycles. The summed E-state index contributed by atoms with van der Waals surface area (Å²) in [5, 5.41) is 8.00. The van der Waals surface area contributed by atoms with Crippen LogP contribution >= 0.6 is 11.3 Å². The highest BCUT2D eigenvalue weighted by Gasteiger charge is 2.07. The van der Waals surface area contributed by atoms with Crippen molar-refractivity contribution in [3.8, 4) is 11.3 Å². The van der Waals surface area contributed by atoms with Gasteiger partial charge in [-0.25, -0.2) is 4.98 Å². The van der Waals surface area contributed by atoms with Crippen molar-refractivity contribution in [1.29, 1.82) is 0 Å². The van der Waals surface area contributed by atoms with Gasteiger partial charge in [0.05, 0.1) is 5.69 Å². The van der Waals surface area contributed by atoms with Crippen molar-refractivity contribution in [3.63, 3.8) is 0 Å². The SMILES string of the molecule is CCCC(=O)Nc1nc(-c2ccc(NC(C)=O)cc2)cs1. The van der Waals surface area contributed by atoms with Crippen LogP contribution in [0.3, 0.4) is 0 Å². The van der Waals surface area contributed by atoms with Crippen LogP contribution in [-0.2, 0) is 9.59 Å². The summed E-state index contributed by atoms with van der Waals surface area (Å²) in [5.74, 6) is -0.114. The summed E-state index contributed by atoms with van der Waals surface area (Å²) in [6, 6.07) is 7.42. The third kappa shape index (κ3) is 4.39. The monoisotopic (exact) mass is 303 g/mol. The van der Waals surface area contributed by atoms with Gasteiger partial charge in [-0.15, -0.1) is 11.3 Å². The smallest absolute Gasteiger partial charge is 0.226 e. The lowest BCUT2D eigenvalue weighted by molar-refractivity contribution is -0.116.